The molecule has 2 atom stereocenters. The Morgan fingerprint density at radius 3 is 1.86 bits per heavy atom. The first-order chi connectivity index (χ1) is 30.5. The van der Waals surface area contributed by atoms with Crippen LogP contribution in [0.15, 0.2) is 140 Å². The highest BCUT2D eigenvalue weighted by molar-refractivity contribution is 6.93. The molecule has 318 valence electrons. The van der Waals surface area contributed by atoms with Gasteiger partial charge in [-0.2, -0.15) is 0 Å². The molecule has 7 aromatic carbocycles. The standard InChI is InChI=1S/C61H61BN2/c1-57(2,3)41-27-30-51(44(35-41)39-23-15-12-16-24-39)63-52-34-40(38-21-13-11-14-22-38)33-45-46-36-42(58(4,5)6)37-49-55(46)64(61(10)32-20-19-31-60(49,61)9)62(54(45)52)50-29-28-48-53(56(50)63)43-25-17-18-26-47(43)59(48,7)8/h11-18,21-30,33-37H,19-20,31-32H2,1-10H3. The lowest BCUT2D eigenvalue weighted by Gasteiger charge is -2.55. The van der Waals surface area contributed by atoms with Gasteiger partial charge in [0.15, 0.2) is 0 Å². The molecule has 2 nitrogen and oxygen atoms in total. The number of anilines is 4. The molecule has 7 aromatic rings. The summed E-state index contributed by atoms with van der Waals surface area (Å²) in [6, 6.07) is 54.5. The first kappa shape index (κ1) is 39.8. The smallest absolute Gasteiger partial charge is 0.328 e. The van der Waals surface area contributed by atoms with E-state index in [1.54, 1.807) is 5.56 Å². The van der Waals surface area contributed by atoms with Gasteiger partial charge in [-0.25, -0.2) is 0 Å². The van der Waals surface area contributed by atoms with E-state index in [1.165, 1.54) is 126 Å². The second-order valence-corrected chi connectivity index (χ2v) is 22.9. The maximum Gasteiger partial charge on any atom is 0.328 e. The van der Waals surface area contributed by atoms with Crippen LogP contribution < -0.4 is 20.6 Å². The monoisotopic (exact) mass is 832 g/mol. The third-order valence-electron chi connectivity index (χ3n) is 16.9. The largest absolute Gasteiger partial charge is 0.400 e. The molecule has 3 heterocycles. The number of rotatable bonds is 3. The number of hydrogen-bond acceptors (Lipinski definition) is 2. The Morgan fingerprint density at radius 1 is 0.484 bits per heavy atom. The maximum atomic E-state index is 3.01. The number of fused-ring (bicyclic) bond motifs is 11. The van der Waals surface area contributed by atoms with E-state index in [2.05, 4.69) is 218 Å². The van der Waals surface area contributed by atoms with Crippen molar-refractivity contribution >= 4 is 40.5 Å². The molecule has 5 aliphatic rings. The lowest BCUT2D eigenvalue weighted by Crippen LogP contribution is -2.70. The molecule has 0 N–H and O–H groups in total. The van der Waals surface area contributed by atoms with Gasteiger partial charge in [0.25, 0.3) is 0 Å². The Morgan fingerprint density at radius 2 is 1.14 bits per heavy atom. The summed E-state index contributed by atoms with van der Waals surface area (Å²) in [6.45, 7) is 24.4. The zero-order valence-corrected chi connectivity index (χ0v) is 39.6. The van der Waals surface area contributed by atoms with E-state index in [1.807, 2.05) is 0 Å². The molecule has 12 rings (SSSR count). The van der Waals surface area contributed by atoms with Gasteiger partial charge < -0.3 is 9.71 Å². The molecule has 0 bridgehead atoms. The Labute approximate surface area is 382 Å². The van der Waals surface area contributed by atoms with Gasteiger partial charge in [-0.1, -0.05) is 184 Å². The van der Waals surface area contributed by atoms with Crippen LogP contribution in [0.4, 0.5) is 22.7 Å². The molecule has 1 saturated carbocycles. The predicted octanol–water partition coefficient (Wildman–Crippen LogP) is 14.9. The van der Waals surface area contributed by atoms with Crippen molar-refractivity contribution < 1.29 is 0 Å². The van der Waals surface area contributed by atoms with E-state index in [0.29, 0.717) is 0 Å². The second-order valence-electron chi connectivity index (χ2n) is 22.9. The van der Waals surface area contributed by atoms with E-state index in [0.717, 1.165) is 0 Å². The fraction of sp³-hybridized carbons (Fsp3) is 0.311. The van der Waals surface area contributed by atoms with Crippen molar-refractivity contribution in [1.82, 2.24) is 0 Å². The van der Waals surface area contributed by atoms with Crippen LogP contribution >= 0.6 is 0 Å². The molecule has 0 amide bonds. The SMILES string of the molecule is CC(C)(C)c1ccc(N2c3cc(-c4ccccc4)cc4c3B(c3ccc5c(c32)-c2ccccc2C5(C)C)N2c3c-4cc(C(C)(C)C)cc3C3(C)CCCCC23C)c(-c2ccccc2)c1. The molecule has 3 aliphatic heterocycles. The minimum atomic E-state index is -0.153. The molecular formula is C61H61BN2. The normalized spacial score (nSPS) is 20.9. The van der Waals surface area contributed by atoms with Crippen LogP contribution in [-0.4, -0.2) is 12.4 Å². The quantitative estimate of drug-likeness (QED) is 0.164. The summed E-state index contributed by atoms with van der Waals surface area (Å²) >= 11 is 0. The first-order valence-corrected chi connectivity index (χ1v) is 24.0. The minimum absolute atomic E-state index is 0.00685. The van der Waals surface area contributed by atoms with Crippen LogP contribution in [0.25, 0.3) is 44.5 Å². The third kappa shape index (κ3) is 5.22. The van der Waals surface area contributed by atoms with Crippen molar-refractivity contribution in [2.75, 3.05) is 9.71 Å². The van der Waals surface area contributed by atoms with Gasteiger partial charge in [0.05, 0.1) is 11.4 Å². The van der Waals surface area contributed by atoms with Crippen molar-refractivity contribution in [3.63, 3.8) is 0 Å². The van der Waals surface area contributed by atoms with Crippen molar-refractivity contribution in [2.24, 2.45) is 0 Å². The maximum absolute atomic E-state index is 3.01. The molecule has 0 saturated heterocycles. The number of benzene rings is 7. The lowest BCUT2D eigenvalue weighted by atomic mass is 9.41. The highest BCUT2D eigenvalue weighted by Gasteiger charge is 2.63. The summed E-state index contributed by atoms with van der Waals surface area (Å²) in [4.78, 5) is 5.76. The summed E-state index contributed by atoms with van der Waals surface area (Å²) in [7, 11) is 0. The Hall–Kier alpha value is -5.80. The van der Waals surface area contributed by atoms with Gasteiger partial charge in [0, 0.05) is 44.4 Å². The van der Waals surface area contributed by atoms with Crippen LogP contribution in [0.5, 0.6) is 0 Å². The van der Waals surface area contributed by atoms with Crippen LogP contribution in [0.3, 0.4) is 0 Å². The zero-order chi connectivity index (χ0) is 44.3. The predicted molar refractivity (Wildman–Crippen MR) is 274 cm³/mol. The highest BCUT2D eigenvalue weighted by atomic mass is 15.2. The van der Waals surface area contributed by atoms with Crippen LogP contribution in [0.2, 0.25) is 0 Å². The fourth-order valence-electron chi connectivity index (χ4n) is 13.1. The van der Waals surface area contributed by atoms with Gasteiger partial charge >= 0.3 is 6.85 Å². The number of nitrogens with zero attached hydrogens (tertiary/aromatic N) is 2. The van der Waals surface area contributed by atoms with Crippen molar-refractivity contribution in [3.8, 4) is 44.5 Å². The van der Waals surface area contributed by atoms with Crippen LogP contribution in [-0.2, 0) is 21.7 Å². The average molecular weight is 833 g/mol. The van der Waals surface area contributed by atoms with Crippen molar-refractivity contribution in [3.05, 3.63) is 167 Å². The zero-order valence-electron chi connectivity index (χ0n) is 39.6. The highest BCUT2D eigenvalue weighted by Crippen LogP contribution is 2.65. The van der Waals surface area contributed by atoms with Gasteiger partial charge in [0.1, 0.15) is 0 Å². The van der Waals surface area contributed by atoms with E-state index in [-0.39, 0.29) is 34.0 Å². The summed E-state index contributed by atoms with van der Waals surface area (Å²) in [5.41, 5.74) is 25.7. The van der Waals surface area contributed by atoms with Gasteiger partial charge in [-0.15, -0.1) is 0 Å². The Kier molecular flexibility index (Phi) is 8.17. The molecule has 2 aliphatic carbocycles. The average Bonchev–Trinajstić information content (AvgIpc) is 3.65. The van der Waals surface area contributed by atoms with Gasteiger partial charge in [0.2, 0.25) is 0 Å². The van der Waals surface area contributed by atoms with Gasteiger partial charge in [-0.3, -0.25) is 0 Å². The summed E-state index contributed by atoms with van der Waals surface area (Å²) in [5, 5.41) is 0. The Bertz CT molecular complexity index is 3090. The Balaban J connectivity index is 1.28. The van der Waals surface area contributed by atoms with E-state index in [4.69, 9.17) is 0 Å². The molecule has 1 fully saturated rings. The van der Waals surface area contributed by atoms with Crippen LogP contribution in [0, 0.1) is 0 Å². The second kappa shape index (κ2) is 13.2. The molecular weight excluding hydrogens is 771 g/mol. The molecule has 0 radical (unpaired) electrons. The summed E-state index contributed by atoms with van der Waals surface area (Å²) in [6.07, 6.45) is 4.91. The fourth-order valence-corrected chi connectivity index (χ4v) is 13.1. The van der Waals surface area contributed by atoms with E-state index >= 15 is 0 Å². The molecule has 0 aromatic heterocycles. The third-order valence-corrected chi connectivity index (χ3v) is 16.9. The summed E-state index contributed by atoms with van der Waals surface area (Å²) < 4.78 is 0. The molecule has 64 heavy (non-hydrogen) atoms. The molecule has 3 heteroatoms. The summed E-state index contributed by atoms with van der Waals surface area (Å²) in [5.74, 6) is 0. The first-order valence-electron chi connectivity index (χ1n) is 24.0. The molecule has 0 spiro atoms. The van der Waals surface area contributed by atoms with E-state index in [9.17, 15) is 0 Å². The van der Waals surface area contributed by atoms with Crippen molar-refractivity contribution in [1.29, 1.82) is 0 Å². The van der Waals surface area contributed by atoms with Crippen LogP contribution in [0.1, 0.15) is 123 Å². The van der Waals surface area contributed by atoms with Gasteiger partial charge in [-0.05, 0) is 127 Å². The lowest BCUT2D eigenvalue weighted by molar-refractivity contribution is 0.199. The minimum Gasteiger partial charge on any atom is -0.400 e. The van der Waals surface area contributed by atoms with E-state index < -0.39 is 0 Å². The topological polar surface area (TPSA) is 6.48 Å². The number of hydrogen-bond donors (Lipinski definition) is 0. The van der Waals surface area contributed by atoms with Crippen molar-refractivity contribution in [2.45, 2.75) is 122 Å². The molecule has 2 unspecified atom stereocenters.